The number of hydrogen-bond acceptors (Lipinski definition) is 4. The molecule has 4 rings (SSSR count). The standard InChI is InChI=1S/C19H22N4O2/c1-13(18-9-14-5-3-4-6-17(14)25-18)19(24)21-15-7-8-23(11-15)16-10-20-22(2)12-16/h3-6,9-10,12-13,15H,7-8,11H2,1-2H3,(H,21,24)/t13-,15+/m1/s1. The summed E-state index contributed by atoms with van der Waals surface area (Å²) in [5, 5.41) is 8.40. The highest BCUT2D eigenvalue weighted by molar-refractivity contribution is 5.85. The fourth-order valence-corrected chi connectivity index (χ4v) is 3.36. The molecule has 3 heterocycles. The number of hydrogen-bond donors (Lipinski definition) is 1. The van der Waals surface area contributed by atoms with Crippen LogP contribution < -0.4 is 10.2 Å². The third kappa shape index (κ3) is 3.12. The van der Waals surface area contributed by atoms with Crippen LogP contribution in [0.25, 0.3) is 11.0 Å². The van der Waals surface area contributed by atoms with E-state index >= 15 is 0 Å². The van der Waals surface area contributed by atoms with Gasteiger partial charge in [-0.15, -0.1) is 0 Å². The van der Waals surface area contributed by atoms with E-state index in [1.807, 2.05) is 56.7 Å². The number of aromatic nitrogens is 2. The third-order valence-electron chi connectivity index (χ3n) is 4.86. The number of carbonyl (C=O) groups excluding carboxylic acids is 1. The second kappa shape index (κ2) is 6.27. The molecule has 1 N–H and O–H groups in total. The number of anilines is 1. The molecule has 2 aromatic heterocycles. The predicted molar refractivity (Wildman–Crippen MR) is 96.6 cm³/mol. The van der Waals surface area contributed by atoms with Crippen LogP contribution in [0.1, 0.15) is 25.0 Å². The Labute approximate surface area is 146 Å². The fraction of sp³-hybridized carbons (Fsp3) is 0.368. The van der Waals surface area contributed by atoms with Gasteiger partial charge >= 0.3 is 0 Å². The summed E-state index contributed by atoms with van der Waals surface area (Å²) in [6, 6.07) is 9.93. The summed E-state index contributed by atoms with van der Waals surface area (Å²) in [4.78, 5) is 14.9. The van der Waals surface area contributed by atoms with Gasteiger partial charge in [0.05, 0.1) is 17.8 Å². The van der Waals surface area contributed by atoms with Crippen LogP contribution in [0.2, 0.25) is 0 Å². The highest BCUT2D eigenvalue weighted by atomic mass is 16.3. The Bertz CT molecular complexity index is 865. The van der Waals surface area contributed by atoms with Crippen LogP contribution in [0.15, 0.2) is 47.1 Å². The summed E-state index contributed by atoms with van der Waals surface area (Å²) >= 11 is 0. The lowest BCUT2D eigenvalue weighted by Crippen LogP contribution is -2.39. The van der Waals surface area contributed by atoms with E-state index in [9.17, 15) is 4.79 Å². The largest absolute Gasteiger partial charge is 0.460 e. The highest BCUT2D eigenvalue weighted by Gasteiger charge is 2.27. The van der Waals surface area contributed by atoms with Crippen LogP contribution >= 0.6 is 0 Å². The third-order valence-corrected chi connectivity index (χ3v) is 4.86. The van der Waals surface area contributed by atoms with Gasteiger partial charge in [-0.05, 0) is 25.5 Å². The van der Waals surface area contributed by atoms with Crippen molar-refractivity contribution in [2.75, 3.05) is 18.0 Å². The van der Waals surface area contributed by atoms with Crippen LogP contribution in [-0.4, -0.2) is 34.8 Å². The molecule has 3 aromatic rings. The number of aryl methyl sites for hydroxylation is 1. The van der Waals surface area contributed by atoms with Gasteiger partial charge in [0, 0.05) is 37.8 Å². The van der Waals surface area contributed by atoms with E-state index in [1.54, 1.807) is 4.68 Å². The topological polar surface area (TPSA) is 63.3 Å². The minimum atomic E-state index is -0.306. The van der Waals surface area contributed by atoms with Gasteiger partial charge in [0.15, 0.2) is 0 Å². The molecule has 6 heteroatoms. The van der Waals surface area contributed by atoms with E-state index < -0.39 is 0 Å². The first kappa shape index (κ1) is 15.7. The number of carbonyl (C=O) groups is 1. The van der Waals surface area contributed by atoms with Gasteiger partial charge in [-0.2, -0.15) is 5.10 Å². The van der Waals surface area contributed by atoms with Gasteiger partial charge in [0.25, 0.3) is 0 Å². The van der Waals surface area contributed by atoms with Gasteiger partial charge in [0.1, 0.15) is 11.3 Å². The number of rotatable bonds is 4. The first-order valence-electron chi connectivity index (χ1n) is 8.62. The Morgan fingerprint density at radius 2 is 2.24 bits per heavy atom. The molecule has 1 saturated heterocycles. The second-order valence-electron chi connectivity index (χ2n) is 6.72. The number of nitrogens with one attached hydrogen (secondary N) is 1. The first-order chi connectivity index (χ1) is 12.1. The molecule has 0 bridgehead atoms. The van der Waals surface area contributed by atoms with Crippen molar-refractivity contribution in [1.29, 1.82) is 0 Å². The molecule has 1 aliphatic rings. The molecule has 1 amide bonds. The number of benzene rings is 1. The molecule has 0 spiro atoms. The van der Waals surface area contributed by atoms with Crippen LogP contribution in [-0.2, 0) is 11.8 Å². The smallest absolute Gasteiger partial charge is 0.230 e. The van der Waals surface area contributed by atoms with E-state index in [1.165, 1.54) is 0 Å². The normalized spacial score (nSPS) is 18.6. The second-order valence-corrected chi connectivity index (χ2v) is 6.72. The summed E-state index contributed by atoms with van der Waals surface area (Å²) in [5.74, 6) is 0.415. The zero-order valence-corrected chi connectivity index (χ0v) is 14.5. The molecule has 1 aliphatic heterocycles. The number of amides is 1. The number of para-hydroxylation sites is 1. The van der Waals surface area contributed by atoms with E-state index in [2.05, 4.69) is 15.3 Å². The number of furan rings is 1. The minimum absolute atomic E-state index is 0.0112. The Balaban J connectivity index is 1.40. The monoisotopic (exact) mass is 338 g/mol. The van der Waals surface area contributed by atoms with E-state index in [0.717, 1.165) is 36.2 Å². The van der Waals surface area contributed by atoms with Crippen molar-refractivity contribution >= 4 is 22.6 Å². The lowest BCUT2D eigenvalue weighted by Gasteiger charge is -2.18. The molecule has 130 valence electrons. The van der Waals surface area contributed by atoms with E-state index in [0.29, 0.717) is 5.76 Å². The summed E-state index contributed by atoms with van der Waals surface area (Å²) in [5.41, 5.74) is 1.92. The zero-order valence-electron chi connectivity index (χ0n) is 14.5. The quantitative estimate of drug-likeness (QED) is 0.794. The van der Waals surface area contributed by atoms with Crippen LogP contribution in [0, 0.1) is 0 Å². The summed E-state index contributed by atoms with van der Waals surface area (Å²) in [6.45, 7) is 3.63. The van der Waals surface area contributed by atoms with Crippen LogP contribution in [0.3, 0.4) is 0 Å². The van der Waals surface area contributed by atoms with Crippen molar-refractivity contribution < 1.29 is 9.21 Å². The van der Waals surface area contributed by atoms with Crippen molar-refractivity contribution in [3.05, 3.63) is 48.5 Å². The van der Waals surface area contributed by atoms with Crippen molar-refractivity contribution in [2.24, 2.45) is 7.05 Å². The van der Waals surface area contributed by atoms with E-state index in [4.69, 9.17) is 4.42 Å². The van der Waals surface area contributed by atoms with Gasteiger partial charge in [-0.25, -0.2) is 0 Å². The van der Waals surface area contributed by atoms with Crippen molar-refractivity contribution in [2.45, 2.75) is 25.3 Å². The Morgan fingerprint density at radius 1 is 1.40 bits per heavy atom. The molecule has 0 radical (unpaired) electrons. The minimum Gasteiger partial charge on any atom is -0.460 e. The molecule has 0 unspecified atom stereocenters. The average Bonchev–Trinajstić information content (AvgIpc) is 3.32. The van der Waals surface area contributed by atoms with Gasteiger partial charge < -0.3 is 14.6 Å². The highest BCUT2D eigenvalue weighted by Crippen LogP contribution is 2.26. The fourth-order valence-electron chi connectivity index (χ4n) is 3.36. The molecular weight excluding hydrogens is 316 g/mol. The molecule has 0 aliphatic carbocycles. The number of fused-ring (bicyclic) bond motifs is 1. The molecule has 0 saturated carbocycles. The summed E-state index contributed by atoms with van der Waals surface area (Å²) < 4.78 is 7.62. The van der Waals surface area contributed by atoms with Gasteiger partial charge in [-0.1, -0.05) is 18.2 Å². The lowest BCUT2D eigenvalue weighted by atomic mass is 10.1. The molecular formula is C19H22N4O2. The van der Waals surface area contributed by atoms with Crippen molar-refractivity contribution in [3.63, 3.8) is 0 Å². The van der Waals surface area contributed by atoms with E-state index in [-0.39, 0.29) is 17.9 Å². The zero-order chi connectivity index (χ0) is 17.4. The Kier molecular flexibility index (Phi) is 3.95. The van der Waals surface area contributed by atoms with Gasteiger partial charge in [0.2, 0.25) is 5.91 Å². The molecule has 1 aromatic carbocycles. The molecule has 2 atom stereocenters. The average molecular weight is 338 g/mol. The predicted octanol–water partition coefficient (Wildman–Crippen LogP) is 2.66. The Hall–Kier alpha value is -2.76. The Morgan fingerprint density at radius 3 is 3.00 bits per heavy atom. The van der Waals surface area contributed by atoms with Crippen LogP contribution in [0.4, 0.5) is 5.69 Å². The van der Waals surface area contributed by atoms with Crippen molar-refractivity contribution in [3.8, 4) is 0 Å². The first-order valence-corrected chi connectivity index (χ1v) is 8.62. The maximum Gasteiger partial charge on any atom is 0.230 e. The lowest BCUT2D eigenvalue weighted by molar-refractivity contribution is -0.123. The number of nitrogens with zero attached hydrogens (tertiary/aromatic N) is 3. The SMILES string of the molecule is C[C@@H](C(=O)N[C@H]1CCN(c2cnn(C)c2)C1)c1cc2ccccc2o1. The molecule has 1 fully saturated rings. The van der Waals surface area contributed by atoms with Crippen LogP contribution in [0.5, 0.6) is 0 Å². The summed E-state index contributed by atoms with van der Waals surface area (Å²) in [7, 11) is 1.91. The van der Waals surface area contributed by atoms with Crippen molar-refractivity contribution in [1.82, 2.24) is 15.1 Å². The summed E-state index contributed by atoms with van der Waals surface area (Å²) in [6.07, 6.45) is 4.80. The van der Waals surface area contributed by atoms with Gasteiger partial charge in [-0.3, -0.25) is 9.48 Å². The molecule has 6 nitrogen and oxygen atoms in total. The molecule has 25 heavy (non-hydrogen) atoms. The maximum absolute atomic E-state index is 12.6. The maximum atomic E-state index is 12.6.